The molecular weight excluding hydrogens is 430 g/mol. The fourth-order valence-electron chi connectivity index (χ4n) is 3.74. The molecule has 1 saturated heterocycles. The number of nitrogens with one attached hydrogen (secondary N) is 2. The number of hydrogen-bond donors (Lipinski definition) is 2. The molecule has 0 amide bonds. The lowest BCUT2D eigenvalue weighted by atomic mass is 10.3. The van der Waals surface area contributed by atoms with E-state index in [1.165, 1.54) is 25.0 Å². The minimum absolute atomic E-state index is 0.109. The van der Waals surface area contributed by atoms with Crippen LogP contribution in [-0.2, 0) is 10.0 Å². The summed E-state index contributed by atoms with van der Waals surface area (Å²) in [7, 11) is -3.77. The average Bonchev–Trinajstić information content (AvgIpc) is 3.35. The van der Waals surface area contributed by atoms with E-state index in [2.05, 4.69) is 25.1 Å². The van der Waals surface area contributed by atoms with Crippen molar-refractivity contribution in [3.8, 4) is 11.5 Å². The van der Waals surface area contributed by atoms with Crippen LogP contribution in [-0.4, -0.2) is 44.9 Å². The van der Waals surface area contributed by atoms with Crippen LogP contribution in [0.4, 0.5) is 22.9 Å². The summed E-state index contributed by atoms with van der Waals surface area (Å²) >= 11 is 0. The van der Waals surface area contributed by atoms with E-state index >= 15 is 0 Å². The van der Waals surface area contributed by atoms with Crippen LogP contribution in [0.3, 0.4) is 0 Å². The van der Waals surface area contributed by atoms with Gasteiger partial charge in [0.05, 0.1) is 16.8 Å². The summed E-state index contributed by atoms with van der Waals surface area (Å²) < 4.78 is 39.1. The fraction of sp³-hybridized carbons (Fsp3) is 0.273. The molecule has 2 aromatic carbocycles. The van der Waals surface area contributed by atoms with Gasteiger partial charge in [-0.15, -0.1) is 5.10 Å². The Hall–Kier alpha value is -3.53. The second-order valence-electron chi connectivity index (χ2n) is 7.61. The summed E-state index contributed by atoms with van der Waals surface area (Å²) in [5.74, 6) is 1.61. The number of sulfonamides is 1. The van der Waals surface area contributed by atoms with Crippen LogP contribution in [0.5, 0.6) is 11.5 Å². The van der Waals surface area contributed by atoms with Crippen molar-refractivity contribution >= 4 is 32.9 Å². The maximum absolute atomic E-state index is 12.8. The zero-order valence-electron chi connectivity index (χ0n) is 17.3. The number of hydrogen-bond acceptors (Lipinski definition) is 8. The molecule has 0 aliphatic carbocycles. The standard InChI is InChI=1S/C22H23N5O4S/c28-32(29,19-7-8-20-21(14-19)31-12-11-30-20)26-17-5-3-16(4-6-17)24-22-13-18(15-23-25-22)27-9-1-2-10-27/h3-8,13-15,26H,1-2,9-12H2,(H,24,25). The van der Waals surface area contributed by atoms with E-state index in [1.807, 2.05) is 6.07 Å². The third-order valence-corrected chi connectivity index (χ3v) is 6.72. The van der Waals surface area contributed by atoms with Crippen LogP contribution in [0.15, 0.2) is 59.6 Å². The molecule has 10 heteroatoms. The summed E-state index contributed by atoms with van der Waals surface area (Å²) in [5.41, 5.74) is 2.27. The van der Waals surface area contributed by atoms with Crippen LogP contribution in [0, 0.1) is 0 Å². The SMILES string of the molecule is O=S(=O)(Nc1ccc(Nc2cc(N3CCCC3)cnn2)cc1)c1ccc2c(c1)OCCO2. The van der Waals surface area contributed by atoms with E-state index < -0.39 is 10.0 Å². The summed E-state index contributed by atoms with van der Waals surface area (Å²) in [6.45, 7) is 2.91. The molecule has 9 nitrogen and oxygen atoms in total. The van der Waals surface area contributed by atoms with E-state index in [0.717, 1.165) is 24.5 Å². The van der Waals surface area contributed by atoms with E-state index in [1.54, 1.807) is 36.5 Å². The van der Waals surface area contributed by atoms with Crippen molar-refractivity contribution in [3.63, 3.8) is 0 Å². The van der Waals surface area contributed by atoms with Crippen molar-refractivity contribution in [1.29, 1.82) is 0 Å². The monoisotopic (exact) mass is 453 g/mol. The maximum Gasteiger partial charge on any atom is 0.262 e. The van der Waals surface area contributed by atoms with Crippen molar-refractivity contribution in [2.45, 2.75) is 17.7 Å². The van der Waals surface area contributed by atoms with Gasteiger partial charge in [0.2, 0.25) is 0 Å². The second-order valence-corrected chi connectivity index (χ2v) is 9.29. The first kappa shape index (κ1) is 20.4. The highest BCUT2D eigenvalue weighted by molar-refractivity contribution is 7.92. The number of benzene rings is 2. The predicted octanol–water partition coefficient (Wildman–Crippen LogP) is 3.39. The summed E-state index contributed by atoms with van der Waals surface area (Å²) in [6.07, 6.45) is 4.15. The Morgan fingerprint density at radius 3 is 2.38 bits per heavy atom. The van der Waals surface area contributed by atoms with E-state index in [4.69, 9.17) is 9.47 Å². The second kappa shape index (κ2) is 8.54. The van der Waals surface area contributed by atoms with E-state index in [-0.39, 0.29) is 4.90 Å². The minimum atomic E-state index is -3.77. The van der Waals surface area contributed by atoms with Gasteiger partial charge in [-0.05, 0) is 49.2 Å². The maximum atomic E-state index is 12.8. The first-order chi connectivity index (χ1) is 15.6. The third kappa shape index (κ3) is 4.40. The molecule has 0 radical (unpaired) electrons. The van der Waals surface area contributed by atoms with Gasteiger partial charge in [-0.3, -0.25) is 4.72 Å². The molecule has 0 bridgehead atoms. The van der Waals surface area contributed by atoms with Crippen molar-refractivity contribution in [3.05, 3.63) is 54.7 Å². The van der Waals surface area contributed by atoms with Gasteiger partial charge in [0, 0.05) is 36.6 Å². The van der Waals surface area contributed by atoms with Crippen molar-refractivity contribution in [2.24, 2.45) is 0 Å². The zero-order chi connectivity index (χ0) is 22.0. The summed E-state index contributed by atoms with van der Waals surface area (Å²) in [6, 6.07) is 13.5. The predicted molar refractivity (Wildman–Crippen MR) is 121 cm³/mol. The molecule has 0 atom stereocenters. The summed E-state index contributed by atoms with van der Waals surface area (Å²) in [5, 5.41) is 11.4. The molecule has 5 rings (SSSR count). The molecule has 3 heterocycles. The molecule has 1 fully saturated rings. The van der Waals surface area contributed by atoms with E-state index in [9.17, 15) is 8.42 Å². The quantitative estimate of drug-likeness (QED) is 0.585. The van der Waals surface area contributed by atoms with Gasteiger partial charge in [-0.25, -0.2) is 8.42 Å². The highest BCUT2D eigenvalue weighted by atomic mass is 32.2. The average molecular weight is 454 g/mol. The zero-order valence-corrected chi connectivity index (χ0v) is 18.1. The van der Waals surface area contributed by atoms with Gasteiger partial charge in [-0.1, -0.05) is 0 Å². The number of rotatable bonds is 6. The molecule has 0 saturated carbocycles. The van der Waals surface area contributed by atoms with Crippen LogP contribution < -0.4 is 24.4 Å². The lowest BCUT2D eigenvalue weighted by molar-refractivity contribution is 0.171. The van der Waals surface area contributed by atoms with Crippen LogP contribution >= 0.6 is 0 Å². The number of aromatic nitrogens is 2. The Kier molecular flexibility index (Phi) is 5.44. The molecule has 2 aliphatic rings. The Morgan fingerprint density at radius 2 is 1.59 bits per heavy atom. The Labute approximate surface area is 186 Å². The number of nitrogens with zero attached hydrogens (tertiary/aromatic N) is 3. The molecule has 3 aromatic rings. The fourth-order valence-corrected chi connectivity index (χ4v) is 4.81. The molecule has 2 N–H and O–H groups in total. The molecule has 32 heavy (non-hydrogen) atoms. The first-order valence-electron chi connectivity index (χ1n) is 10.4. The van der Waals surface area contributed by atoms with E-state index in [0.29, 0.717) is 36.2 Å². The summed E-state index contributed by atoms with van der Waals surface area (Å²) in [4.78, 5) is 2.40. The smallest absolute Gasteiger partial charge is 0.262 e. The Bertz CT molecular complexity index is 1210. The Morgan fingerprint density at radius 1 is 0.875 bits per heavy atom. The largest absolute Gasteiger partial charge is 0.486 e. The number of anilines is 4. The molecule has 166 valence electrons. The third-order valence-electron chi connectivity index (χ3n) is 5.34. The Balaban J connectivity index is 1.27. The van der Waals surface area contributed by atoms with Crippen molar-refractivity contribution in [1.82, 2.24) is 10.2 Å². The van der Waals surface area contributed by atoms with Crippen LogP contribution in [0.25, 0.3) is 0 Å². The molecule has 1 aromatic heterocycles. The van der Waals surface area contributed by atoms with Gasteiger partial charge in [0.15, 0.2) is 17.3 Å². The van der Waals surface area contributed by atoms with Gasteiger partial charge >= 0.3 is 0 Å². The molecular formula is C22H23N5O4S. The van der Waals surface area contributed by atoms with Crippen LogP contribution in [0.2, 0.25) is 0 Å². The van der Waals surface area contributed by atoms with Crippen LogP contribution in [0.1, 0.15) is 12.8 Å². The lowest BCUT2D eigenvalue weighted by Gasteiger charge is -2.19. The highest BCUT2D eigenvalue weighted by Crippen LogP contribution is 2.33. The normalized spacial score (nSPS) is 15.4. The highest BCUT2D eigenvalue weighted by Gasteiger charge is 2.19. The van der Waals surface area contributed by atoms with Crippen molar-refractivity contribution < 1.29 is 17.9 Å². The molecule has 0 unspecified atom stereocenters. The topological polar surface area (TPSA) is 106 Å². The molecule has 2 aliphatic heterocycles. The minimum Gasteiger partial charge on any atom is -0.486 e. The number of ether oxygens (including phenoxy) is 2. The van der Waals surface area contributed by atoms with Crippen molar-refractivity contribution in [2.75, 3.05) is 41.2 Å². The van der Waals surface area contributed by atoms with Gasteiger partial charge < -0.3 is 19.7 Å². The van der Waals surface area contributed by atoms with Gasteiger partial charge in [0.1, 0.15) is 13.2 Å². The first-order valence-corrected chi connectivity index (χ1v) is 11.9. The molecule has 0 spiro atoms. The van der Waals surface area contributed by atoms with Gasteiger partial charge in [-0.2, -0.15) is 5.10 Å². The number of fused-ring (bicyclic) bond motifs is 1. The lowest BCUT2D eigenvalue weighted by Crippen LogP contribution is -2.18. The van der Waals surface area contributed by atoms with Gasteiger partial charge in [0.25, 0.3) is 10.0 Å².